The van der Waals surface area contributed by atoms with Crippen molar-refractivity contribution in [1.82, 2.24) is 4.90 Å². The van der Waals surface area contributed by atoms with E-state index >= 15 is 0 Å². The lowest BCUT2D eigenvalue weighted by Gasteiger charge is -2.27. The first-order chi connectivity index (χ1) is 9.85. The van der Waals surface area contributed by atoms with Gasteiger partial charge in [0, 0.05) is 13.1 Å². The first-order valence-electron chi connectivity index (χ1n) is 7.46. The molecule has 0 aliphatic rings. The summed E-state index contributed by atoms with van der Waals surface area (Å²) in [5.41, 5.74) is 0.597. The van der Waals surface area contributed by atoms with E-state index in [9.17, 15) is 4.79 Å². The standard InChI is InChI=1S/C17H27NO3/c1-6-7-12-18(16(19)21-17(2,3)4)13-14-8-10-15(20-5)11-9-14/h8-11H,6-7,12-13H2,1-5H3. The molecular formula is C17H27NO3. The lowest BCUT2D eigenvalue weighted by molar-refractivity contribution is 0.0231. The summed E-state index contributed by atoms with van der Waals surface area (Å²) in [5.74, 6) is 0.816. The molecular weight excluding hydrogens is 266 g/mol. The molecule has 1 aromatic carbocycles. The van der Waals surface area contributed by atoms with Crippen molar-refractivity contribution in [2.75, 3.05) is 13.7 Å². The van der Waals surface area contributed by atoms with Crippen molar-refractivity contribution in [3.05, 3.63) is 29.8 Å². The predicted octanol–water partition coefficient (Wildman–Crippen LogP) is 4.23. The quantitative estimate of drug-likeness (QED) is 0.787. The molecule has 0 atom stereocenters. The van der Waals surface area contributed by atoms with Gasteiger partial charge in [0.05, 0.1) is 7.11 Å². The number of methoxy groups -OCH3 is 1. The number of rotatable bonds is 6. The van der Waals surface area contributed by atoms with E-state index in [4.69, 9.17) is 9.47 Å². The minimum absolute atomic E-state index is 0.258. The van der Waals surface area contributed by atoms with Crippen LogP contribution in [0.2, 0.25) is 0 Å². The van der Waals surface area contributed by atoms with E-state index in [1.165, 1.54) is 0 Å². The maximum atomic E-state index is 12.3. The zero-order chi connectivity index (χ0) is 15.9. The molecule has 0 saturated carbocycles. The molecule has 1 aromatic rings. The van der Waals surface area contributed by atoms with Crippen LogP contribution < -0.4 is 4.74 Å². The Labute approximate surface area is 128 Å². The number of unbranched alkanes of at least 4 members (excludes halogenated alkanes) is 1. The van der Waals surface area contributed by atoms with Crippen LogP contribution in [-0.2, 0) is 11.3 Å². The lowest BCUT2D eigenvalue weighted by atomic mass is 10.2. The number of nitrogens with zero attached hydrogens (tertiary/aromatic N) is 1. The van der Waals surface area contributed by atoms with Crippen molar-refractivity contribution < 1.29 is 14.3 Å². The Balaban J connectivity index is 2.74. The molecule has 0 aromatic heterocycles. The van der Waals surface area contributed by atoms with E-state index in [1.54, 1.807) is 12.0 Å². The molecule has 0 aliphatic carbocycles. The molecule has 21 heavy (non-hydrogen) atoms. The Hall–Kier alpha value is -1.71. The van der Waals surface area contributed by atoms with Gasteiger partial charge in [0.1, 0.15) is 11.4 Å². The van der Waals surface area contributed by atoms with Gasteiger partial charge in [0.2, 0.25) is 0 Å². The fraction of sp³-hybridized carbons (Fsp3) is 0.588. The topological polar surface area (TPSA) is 38.8 Å². The molecule has 0 radical (unpaired) electrons. The number of carbonyl (C=O) groups is 1. The Kier molecular flexibility index (Phi) is 6.53. The van der Waals surface area contributed by atoms with Crippen LogP contribution in [-0.4, -0.2) is 30.2 Å². The third-order valence-corrected chi connectivity index (χ3v) is 2.97. The average molecular weight is 293 g/mol. The molecule has 0 fully saturated rings. The molecule has 4 heteroatoms. The van der Waals surface area contributed by atoms with Gasteiger partial charge in [0.15, 0.2) is 0 Å². The molecule has 1 amide bonds. The summed E-state index contributed by atoms with van der Waals surface area (Å²) < 4.78 is 10.6. The van der Waals surface area contributed by atoms with Crippen molar-refractivity contribution in [2.24, 2.45) is 0 Å². The summed E-state index contributed by atoms with van der Waals surface area (Å²) in [7, 11) is 1.64. The first-order valence-corrected chi connectivity index (χ1v) is 7.46. The molecule has 0 unspecified atom stereocenters. The van der Waals surface area contributed by atoms with Crippen molar-refractivity contribution in [1.29, 1.82) is 0 Å². The van der Waals surface area contributed by atoms with E-state index in [-0.39, 0.29) is 6.09 Å². The molecule has 0 N–H and O–H groups in total. The van der Waals surface area contributed by atoms with Gasteiger partial charge in [-0.05, 0) is 44.9 Å². The third-order valence-electron chi connectivity index (χ3n) is 2.97. The molecule has 118 valence electrons. The minimum atomic E-state index is -0.471. The van der Waals surface area contributed by atoms with Crippen molar-refractivity contribution in [2.45, 2.75) is 52.7 Å². The average Bonchev–Trinajstić information content (AvgIpc) is 2.42. The van der Waals surface area contributed by atoms with E-state index < -0.39 is 5.60 Å². The highest BCUT2D eigenvalue weighted by atomic mass is 16.6. The van der Waals surface area contributed by atoms with Gasteiger partial charge >= 0.3 is 6.09 Å². The van der Waals surface area contributed by atoms with Gasteiger partial charge in [-0.25, -0.2) is 4.79 Å². The van der Waals surface area contributed by atoms with Gasteiger partial charge < -0.3 is 14.4 Å². The Bertz CT molecular complexity index is 434. The molecule has 0 bridgehead atoms. The van der Waals surface area contributed by atoms with Crippen LogP contribution in [0, 0.1) is 0 Å². The number of hydrogen-bond donors (Lipinski definition) is 0. The first kappa shape index (κ1) is 17.3. The van der Waals surface area contributed by atoms with Crippen molar-refractivity contribution >= 4 is 6.09 Å². The smallest absolute Gasteiger partial charge is 0.410 e. The maximum absolute atomic E-state index is 12.3. The fourth-order valence-electron chi connectivity index (χ4n) is 1.86. The highest BCUT2D eigenvalue weighted by Gasteiger charge is 2.21. The van der Waals surface area contributed by atoms with Gasteiger partial charge in [-0.3, -0.25) is 0 Å². The van der Waals surface area contributed by atoms with Crippen LogP contribution in [0.15, 0.2) is 24.3 Å². The highest BCUT2D eigenvalue weighted by Crippen LogP contribution is 2.16. The third kappa shape index (κ3) is 6.52. The normalized spacial score (nSPS) is 11.1. The molecule has 1 rings (SSSR count). The van der Waals surface area contributed by atoms with Crippen molar-refractivity contribution in [3.63, 3.8) is 0 Å². The summed E-state index contributed by atoms with van der Waals surface area (Å²) >= 11 is 0. The molecule has 0 aliphatic heterocycles. The Morgan fingerprint density at radius 3 is 2.29 bits per heavy atom. The summed E-state index contributed by atoms with van der Waals surface area (Å²) in [4.78, 5) is 14.0. The van der Waals surface area contributed by atoms with Gasteiger partial charge in [-0.15, -0.1) is 0 Å². The van der Waals surface area contributed by atoms with E-state index in [2.05, 4.69) is 6.92 Å². The maximum Gasteiger partial charge on any atom is 0.410 e. The zero-order valence-corrected chi connectivity index (χ0v) is 13.8. The van der Waals surface area contributed by atoms with Crippen molar-refractivity contribution in [3.8, 4) is 5.75 Å². The van der Waals surface area contributed by atoms with Crippen LogP contribution in [0.1, 0.15) is 46.1 Å². The Morgan fingerprint density at radius 1 is 1.19 bits per heavy atom. The zero-order valence-electron chi connectivity index (χ0n) is 13.8. The lowest BCUT2D eigenvalue weighted by Crippen LogP contribution is -2.37. The second kappa shape index (κ2) is 7.91. The molecule has 0 spiro atoms. The predicted molar refractivity (Wildman–Crippen MR) is 84.5 cm³/mol. The summed E-state index contributed by atoms with van der Waals surface area (Å²) in [6.07, 6.45) is 1.75. The van der Waals surface area contributed by atoms with E-state index in [0.29, 0.717) is 13.1 Å². The number of benzene rings is 1. The van der Waals surface area contributed by atoms with E-state index in [0.717, 1.165) is 24.2 Å². The number of hydrogen-bond acceptors (Lipinski definition) is 3. The van der Waals surface area contributed by atoms with Gasteiger partial charge in [0.25, 0.3) is 0 Å². The SMILES string of the molecule is CCCCN(Cc1ccc(OC)cc1)C(=O)OC(C)(C)C. The largest absolute Gasteiger partial charge is 0.497 e. The van der Waals surface area contributed by atoms with Crippen LogP contribution in [0.5, 0.6) is 5.75 Å². The van der Waals surface area contributed by atoms with Gasteiger partial charge in [-0.2, -0.15) is 0 Å². The summed E-state index contributed by atoms with van der Waals surface area (Å²) in [5, 5.41) is 0. The van der Waals surface area contributed by atoms with Crippen LogP contribution in [0.3, 0.4) is 0 Å². The highest BCUT2D eigenvalue weighted by molar-refractivity contribution is 5.68. The Morgan fingerprint density at radius 2 is 1.81 bits per heavy atom. The fourth-order valence-corrected chi connectivity index (χ4v) is 1.86. The summed E-state index contributed by atoms with van der Waals surface area (Å²) in [6.45, 7) is 9.03. The number of ether oxygens (including phenoxy) is 2. The molecule has 0 heterocycles. The van der Waals surface area contributed by atoms with Gasteiger partial charge in [-0.1, -0.05) is 25.5 Å². The second-order valence-electron chi connectivity index (χ2n) is 6.10. The van der Waals surface area contributed by atoms with Crippen LogP contribution in [0.25, 0.3) is 0 Å². The monoisotopic (exact) mass is 293 g/mol. The molecule has 4 nitrogen and oxygen atoms in total. The summed E-state index contributed by atoms with van der Waals surface area (Å²) in [6, 6.07) is 7.76. The van der Waals surface area contributed by atoms with Crippen LogP contribution >= 0.6 is 0 Å². The number of carbonyl (C=O) groups excluding carboxylic acids is 1. The minimum Gasteiger partial charge on any atom is -0.497 e. The van der Waals surface area contributed by atoms with Crippen LogP contribution in [0.4, 0.5) is 4.79 Å². The van der Waals surface area contributed by atoms with E-state index in [1.807, 2.05) is 45.0 Å². The number of amides is 1. The molecule has 0 saturated heterocycles. The second-order valence-corrected chi connectivity index (χ2v) is 6.10.